The van der Waals surface area contributed by atoms with Gasteiger partial charge in [-0.05, 0) is 31.0 Å². The number of terminal acetylenes is 1. The minimum absolute atomic E-state index is 0. The predicted octanol–water partition coefficient (Wildman–Crippen LogP) is 2.83. The summed E-state index contributed by atoms with van der Waals surface area (Å²) in [5.74, 6) is 2.82. The first-order valence-electron chi connectivity index (χ1n) is 6.07. The molecule has 0 saturated heterocycles. The maximum Gasteiger partial charge on any atom is 0.192 e. The molecule has 1 aromatic carbocycles. The minimum Gasteiger partial charge on any atom is -0.357 e. The zero-order valence-electron chi connectivity index (χ0n) is 11.2. The molecular formula is C14H18ClFIN3. The molecule has 3 nitrogen and oxygen atoms in total. The Balaban J connectivity index is 0.00000361. The zero-order chi connectivity index (χ0) is 14.1. The normalized spacial score (nSPS) is 10.4. The fourth-order valence-corrected chi connectivity index (χ4v) is 1.75. The van der Waals surface area contributed by atoms with Crippen LogP contribution in [0.3, 0.4) is 0 Å². The van der Waals surface area contributed by atoms with Gasteiger partial charge in [-0.2, -0.15) is 0 Å². The molecule has 0 unspecified atom stereocenters. The highest BCUT2D eigenvalue weighted by atomic mass is 127. The summed E-state index contributed by atoms with van der Waals surface area (Å²) in [6, 6.07) is 4.38. The van der Waals surface area contributed by atoms with E-state index in [0.717, 1.165) is 12.1 Å². The molecule has 0 aliphatic carbocycles. The number of guanidine groups is 1. The highest BCUT2D eigenvalue weighted by molar-refractivity contribution is 14.0. The molecule has 0 aromatic heterocycles. The summed E-state index contributed by atoms with van der Waals surface area (Å²) in [5, 5.41) is 6.50. The number of hydrogen-bond donors (Lipinski definition) is 2. The first-order chi connectivity index (χ1) is 9.17. The van der Waals surface area contributed by atoms with Crippen LogP contribution in [0, 0.1) is 18.2 Å². The van der Waals surface area contributed by atoms with E-state index in [9.17, 15) is 4.39 Å². The van der Waals surface area contributed by atoms with Crippen LogP contribution in [0.4, 0.5) is 4.39 Å². The van der Waals surface area contributed by atoms with Crippen molar-refractivity contribution in [3.05, 3.63) is 34.6 Å². The van der Waals surface area contributed by atoms with E-state index in [1.807, 2.05) is 6.92 Å². The van der Waals surface area contributed by atoms with Crippen molar-refractivity contribution in [2.24, 2.45) is 4.99 Å². The van der Waals surface area contributed by atoms with Crippen molar-refractivity contribution in [3.8, 4) is 12.3 Å². The molecular weight excluding hydrogens is 392 g/mol. The standard InChI is InChI=1S/C14H17ClFN3.HI/c1-3-8-18-14(17-4-2)19-9-7-11-5-6-12(16)10-13(11)15;/h1,5-6,10H,4,7-9H2,2H3,(H2,17,18,19);1H. The summed E-state index contributed by atoms with van der Waals surface area (Å²) < 4.78 is 12.9. The Morgan fingerprint density at radius 1 is 1.45 bits per heavy atom. The lowest BCUT2D eigenvalue weighted by atomic mass is 10.1. The fourth-order valence-electron chi connectivity index (χ4n) is 1.49. The Bertz CT molecular complexity index is 486. The van der Waals surface area contributed by atoms with Gasteiger partial charge in [0.1, 0.15) is 5.82 Å². The van der Waals surface area contributed by atoms with Crippen LogP contribution in [-0.2, 0) is 6.42 Å². The Labute approximate surface area is 141 Å². The van der Waals surface area contributed by atoms with E-state index in [2.05, 4.69) is 21.5 Å². The number of aliphatic imine (C=N–C) groups is 1. The van der Waals surface area contributed by atoms with Crippen LogP contribution in [0.2, 0.25) is 5.02 Å². The molecule has 6 heteroatoms. The molecule has 0 atom stereocenters. The van der Waals surface area contributed by atoms with Gasteiger partial charge in [0.05, 0.1) is 6.54 Å². The summed E-state index contributed by atoms with van der Waals surface area (Å²) in [4.78, 5) is 4.36. The van der Waals surface area contributed by atoms with Crippen molar-refractivity contribution >= 4 is 41.5 Å². The average molecular weight is 410 g/mol. The second-order valence-electron chi connectivity index (χ2n) is 3.80. The van der Waals surface area contributed by atoms with E-state index < -0.39 is 0 Å². The summed E-state index contributed by atoms with van der Waals surface area (Å²) in [6.07, 6.45) is 5.82. The minimum atomic E-state index is -0.332. The lowest BCUT2D eigenvalue weighted by molar-refractivity contribution is 0.627. The summed E-state index contributed by atoms with van der Waals surface area (Å²) >= 11 is 5.94. The van der Waals surface area contributed by atoms with E-state index in [1.54, 1.807) is 6.07 Å². The fraction of sp³-hybridized carbons (Fsp3) is 0.357. The van der Waals surface area contributed by atoms with Gasteiger partial charge in [-0.1, -0.05) is 23.6 Å². The molecule has 0 aliphatic rings. The summed E-state index contributed by atoms with van der Waals surface area (Å²) in [5.41, 5.74) is 0.875. The monoisotopic (exact) mass is 409 g/mol. The molecule has 0 fully saturated rings. The molecule has 0 amide bonds. The third kappa shape index (κ3) is 6.96. The topological polar surface area (TPSA) is 36.4 Å². The quantitative estimate of drug-likeness (QED) is 0.340. The molecule has 2 N–H and O–H groups in total. The van der Waals surface area contributed by atoms with Gasteiger partial charge in [-0.15, -0.1) is 30.4 Å². The average Bonchev–Trinajstić information content (AvgIpc) is 2.38. The van der Waals surface area contributed by atoms with Crippen LogP contribution in [0.15, 0.2) is 23.2 Å². The molecule has 0 heterocycles. The van der Waals surface area contributed by atoms with Crippen LogP contribution < -0.4 is 10.6 Å². The number of hydrogen-bond acceptors (Lipinski definition) is 1. The second-order valence-corrected chi connectivity index (χ2v) is 4.21. The van der Waals surface area contributed by atoms with Gasteiger partial charge in [-0.3, -0.25) is 4.99 Å². The van der Waals surface area contributed by atoms with Crippen LogP contribution >= 0.6 is 35.6 Å². The van der Waals surface area contributed by atoms with Gasteiger partial charge in [0.2, 0.25) is 0 Å². The maximum absolute atomic E-state index is 12.9. The van der Waals surface area contributed by atoms with E-state index >= 15 is 0 Å². The SMILES string of the molecule is C#CCNC(=NCCc1ccc(F)cc1Cl)NCC.I. The summed E-state index contributed by atoms with van der Waals surface area (Å²) in [6.45, 7) is 3.70. The van der Waals surface area contributed by atoms with Gasteiger partial charge in [0.25, 0.3) is 0 Å². The highest BCUT2D eigenvalue weighted by Crippen LogP contribution is 2.17. The van der Waals surface area contributed by atoms with Crippen molar-refractivity contribution in [2.75, 3.05) is 19.6 Å². The van der Waals surface area contributed by atoms with Crippen molar-refractivity contribution in [3.63, 3.8) is 0 Å². The third-order valence-electron chi connectivity index (χ3n) is 2.37. The lowest BCUT2D eigenvalue weighted by Gasteiger charge is -2.09. The largest absolute Gasteiger partial charge is 0.357 e. The van der Waals surface area contributed by atoms with Crippen molar-refractivity contribution in [1.29, 1.82) is 0 Å². The Kier molecular flexibility index (Phi) is 10.2. The van der Waals surface area contributed by atoms with Gasteiger partial charge in [0.15, 0.2) is 5.96 Å². The van der Waals surface area contributed by atoms with Crippen molar-refractivity contribution in [1.82, 2.24) is 10.6 Å². The molecule has 0 radical (unpaired) electrons. The summed E-state index contributed by atoms with van der Waals surface area (Å²) in [7, 11) is 0. The van der Waals surface area contributed by atoms with Crippen molar-refractivity contribution in [2.45, 2.75) is 13.3 Å². The number of nitrogens with one attached hydrogen (secondary N) is 2. The maximum atomic E-state index is 12.9. The predicted molar refractivity (Wildman–Crippen MR) is 93.3 cm³/mol. The third-order valence-corrected chi connectivity index (χ3v) is 2.72. The second kappa shape index (κ2) is 10.7. The number of rotatable bonds is 5. The molecule has 0 bridgehead atoms. The van der Waals surface area contributed by atoms with Crippen LogP contribution in [-0.4, -0.2) is 25.6 Å². The van der Waals surface area contributed by atoms with E-state index in [0.29, 0.717) is 30.5 Å². The molecule has 0 aliphatic heterocycles. The number of nitrogens with zero attached hydrogens (tertiary/aromatic N) is 1. The number of benzene rings is 1. The Hall–Kier alpha value is -1.000. The van der Waals surface area contributed by atoms with Crippen molar-refractivity contribution < 1.29 is 4.39 Å². The Morgan fingerprint density at radius 3 is 2.80 bits per heavy atom. The Morgan fingerprint density at radius 2 is 2.20 bits per heavy atom. The van der Waals surface area contributed by atoms with E-state index in [-0.39, 0.29) is 29.8 Å². The first kappa shape index (κ1) is 19.0. The highest BCUT2D eigenvalue weighted by Gasteiger charge is 2.02. The van der Waals surface area contributed by atoms with Gasteiger partial charge in [0, 0.05) is 18.1 Å². The molecule has 110 valence electrons. The van der Waals surface area contributed by atoms with Gasteiger partial charge < -0.3 is 10.6 Å². The van der Waals surface area contributed by atoms with Crippen LogP contribution in [0.1, 0.15) is 12.5 Å². The van der Waals surface area contributed by atoms with Gasteiger partial charge >= 0.3 is 0 Å². The zero-order valence-corrected chi connectivity index (χ0v) is 14.3. The molecule has 1 rings (SSSR count). The lowest BCUT2D eigenvalue weighted by Crippen LogP contribution is -2.37. The van der Waals surface area contributed by atoms with E-state index in [1.165, 1.54) is 12.1 Å². The molecule has 0 saturated carbocycles. The molecule has 20 heavy (non-hydrogen) atoms. The van der Waals surface area contributed by atoms with Crippen LogP contribution in [0.5, 0.6) is 0 Å². The van der Waals surface area contributed by atoms with Crippen LogP contribution in [0.25, 0.3) is 0 Å². The number of halogens is 3. The smallest absolute Gasteiger partial charge is 0.192 e. The van der Waals surface area contributed by atoms with E-state index in [4.69, 9.17) is 18.0 Å². The van der Waals surface area contributed by atoms with Gasteiger partial charge in [-0.25, -0.2) is 4.39 Å². The first-order valence-corrected chi connectivity index (χ1v) is 6.44. The molecule has 0 spiro atoms. The molecule has 1 aromatic rings.